The highest BCUT2D eigenvalue weighted by atomic mass is 79.9. The van der Waals surface area contributed by atoms with Crippen molar-refractivity contribution in [2.75, 3.05) is 7.11 Å². The second kappa shape index (κ2) is 5.15. The smallest absolute Gasteiger partial charge is 0.309 e. The molecule has 0 saturated heterocycles. The van der Waals surface area contributed by atoms with Gasteiger partial charge in [0.15, 0.2) is 0 Å². The Bertz CT molecular complexity index is 297. The third-order valence-corrected chi connectivity index (χ3v) is 3.45. The van der Waals surface area contributed by atoms with Gasteiger partial charge in [-0.1, -0.05) is 53.2 Å². The third kappa shape index (κ3) is 2.58. The number of carbonyl (C=O) groups is 1. The molecule has 2 nitrogen and oxygen atoms in total. The largest absolute Gasteiger partial charge is 0.469 e. The van der Waals surface area contributed by atoms with Crippen LogP contribution in [0, 0.1) is 5.92 Å². The Labute approximate surface area is 92.4 Å². The summed E-state index contributed by atoms with van der Waals surface area (Å²) in [4.78, 5) is 11.3. The molecule has 0 saturated carbocycles. The van der Waals surface area contributed by atoms with Gasteiger partial charge in [-0.3, -0.25) is 4.79 Å². The fraction of sp³-hybridized carbons (Fsp3) is 0.364. The number of hydrogen-bond donors (Lipinski definition) is 0. The summed E-state index contributed by atoms with van der Waals surface area (Å²) >= 11 is 3.49. The van der Waals surface area contributed by atoms with E-state index in [0.717, 1.165) is 5.56 Å². The van der Waals surface area contributed by atoms with Gasteiger partial charge in [0.25, 0.3) is 0 Å². The van der Waals surface area contributed by atoms with Crippen molar-refractivity contribution in [3.05, 3.63) is 35.9 Å². The van der Waals surface area contributed by atoms with E-state index in [1.54, 1.807) is 0 Å². The molecule has 0 radical (unpaired) electrons. The van der Waals surface area contributed by atoms with Gasteiger partial charge < -0.3 is 4.74 Å². The highest BCUT2D eigenvalue weighted by molar-refractivity contribution is 9.09. The van der Waals surface area contributed by atoms with Crippen molar-refractivity contribution in [1.82, 2.24) is 0 Å². The van der Waals surface area contributed by atoms with E-state index in [-0.39, 0.29) is 16.7 Å². The lowest BCUT2D eigenvalue weighted by Gasteiger charge is -2.16. The summed E-state index contributed by atoms with van der Waals surface area (Å²) in [6, 6.07) is 9.82. The van der Waals surface area contributed by atoms with E-state index >= 15 is 0 Å². The Balaban J connectivity index is 2.75. The molecule has 0 aliphatic rings. The van der Waals surface area contributed by atoms with Crippen molar-refractivity contribution in [2.24, 2.45) is 5.92 Å². The van der Waals surface area contributed by atoms with Crippen molar-refractivity contribution in [2.45, 2.75) is 11.8 Å². The Morgan fingerprint density at radius 2 is 1.93 bits per heavy atom. The number of hydrogen-bond acceptors (Lipinski definition) is 2. The first-order valence-corrected chi connectivity index (χ1v) is 5.35. The number of carbonyl (C=O) groups excluding carboxylic acids is 1. The van der Waals surface area contributed by atoms with Crippen LogP contribution in [0.25, 0.3) is 0 Å². The van der Waals surface area contributed by atoms with Crippen LogP contribution in [0.15, 0.2) is 30.3 Å². The van der Waals surface area contributed by atoms with E-state index in [0.29, 0.717) is 0 Å². The molecule has 0 heterocycles. The number of rotatable bonds is 3. The summed E-state index contributed by atoms with van der Waals surface area (Å²) in [7, 11) is 1.41. The van der Waals surface area contributed by atoms with Crippen LogP contribution in [0.1, 0.15) is 17.3 Å². The predicted molar refractivity (Wildman–Crippen MR) is 59.3 cm³/mol. The van der Waals surface area contributed by atoms with Crippen molar-refractivity contribution < 1.29 is 9.53 Å². The summed E-state index contributed by atoms with van der Waals surface area (Å²) in [6.45, 7) is 1.85. The lowest BCUT2D eigenvalue weighted by Crippen LogP contribution is -2.17. The molecule has 0 aromatic heterocycles. The first-order chi connectivity index (χ1) is 6.66. The zero-order chi connectivity index (χ0) is 10.6. The Kier molecular flexibility index (Phi) is 4.14. The number of benzene rings is 1. The van der Waals surface area contributed by atoms with E-state index in [9.17, 15) is 4.79 Å². The monoisotopic (exact) mass is 256 g/mol. The molecule has 2 unspecified atom stereocenters. The molecule has 0 spiro atoms. The van der Waals surface area contributed by atoms with Gasteiger partial charge in [-0.2, -0.15) is 0 Å². The Hall–Kier alpha value is -0.830. The second-order valence-corrected chi connectivity index (χ2v) is 4.11. The highest BCUT2D eigenvalue weighted by Crippen LogP contribution is 2.31. The van der Waals surface area contributed by atoms with Crippen LogP contribution in [0.5, 0.6) is 0 Å². The number of ether oxygens (including phenoxy) is 1. The maximum atomic E-state index is 11.3. The molecule has 14 heavy (non-hydrogen) atoms. The molecular formula is C11H13BrO2. The minimum atomic E-state index is -0.198. The number of methoxy groups -OCH3 is 1. The molecule has 0 fully saturated rings. The van der Waals surface area contributed by atoms with Gasteiger partial charge in [-0.05, 0) is 5.56 Å². The SMILES string of the molecule is COC(=O)C(C)C(Br)c1ccccc1. The zero-order valence-electron chi connectivity index (χ0n) is 8.24. The molecule has 3 heteroatoms. The van der Waals surface area contributed by atoms with E-state index in [1.165, 1.54) is 7.11 Å². The molecule has 76 valence electrons. The summed E-state index contributed by atoms with van der Waals surface area (Å²) in [5.74, 6) is -0.377. The van der Waals surface area contributed by atoms with Crippen LogP contribution in [0.3, 0.4) is 0 Å². The maximum absolute atomic E-state index is 11.3. The van der Waals surface area contributed by atoms with Crippen molar-refractivity contribution in [3.8, 4) is 0 Å². The molecule has 2 atom stereocenters. The molecule has 1 aromatic carbocycles. The first-order valence-electron chi connectivity index (χ1n) is 4.43. The normalized spacial score (nSPS) is 14.5. The lowest BCUT2D eigenvalue weighted by atomic mass is 10.0. The quantitative estimate of drug-likeness (QED) is 0.614. The number of esters is 1. The maximum Gasteiger partial charge on any atom is 0.309 e. The molecule has 0 N–H and O–H groups in total. The summed E-state index contributed by atoms with van der Waals surface area (Å²) in [6.07, 6.45) is 0. The standard InChI is InChI=1S/C11H13BrO2/c1-8(11(13)14-2)10(12)9-6-4-3-5-7-9/h3-8,10H,1-2H3. The van der Waals surface area contributed by atoms with Crippen LogP contribution in [-0.2, 0) is 9.53 Å². The van der Waals surface area contributed by atoms with Crippen LogP contribution < -0.4 is 0 Å². The van der Waals surface area contributed by atoms with Gasteiger partial charge in [0.05, 0.1) is 17.9 Å². The number of alkyl halides is 1. The Morgan fingerprint density at radius 3 is 2.43 bits per heavy atom. The van der Waals surface area contributed by atoms with E-state index < -0.39 is 0 Å². The second-order valence-electron chi connectivity index (χ2n) is 3.12. The molecule has 0 bridgehead atoms. The van der Waals surface area contributed by atoms with Crippen LogP contribution >= 0.6 is 15.9 Å². The summed E-state index contributed by atoms with van der Waals surface area (Å²) in [5.41, 5.74) is 1.09. The number of halogens is 1. The predicted octanol–water partition coefficient (Wildman–Crippen LogP) is 2.93. The molecule has 1 aromatic rings. The van der Waals surface area contributed by atoms with Gasteiger partial charge in [-0.25, -0.2) is 0 Å². The minimum absolute atomic E-state index is 0.0103. The van der Waals surface area contributed by atoms with Crippen LogP contribution in [0.2, 0.25) is 0 Å². The van der Waals surface area contributed by atoms with Gasteiger partial charge in [0, 0.05) is 0 Å². The van der Waals surface area contributed by atoms with Gasteiger partial charge >= 0.3 is 5.97 Å². The van der Waals surface area contributed by atoms with Crippen molar-refractivity contribution >= 4 is 21.9 Å². The molecule has 1 rings (SSSR count). The minimum Gasteiger partial charge on any atom is -0.469 e. The molecule has 0 aliphatic heterocycles. The van der Waals surface area contributed by atoms with Crippen LogP contribution in [-0.4, -0.2) is 13.1 Å². The average Bonchev–Trinajstić information content (AvgIpc) is 2.27. The van der Waals surface area contributed by atoms with Gasteiger partial charge in [0.1, 0.15) is 0 Å². The molecule has 0 aliphatic carbocycles. The van der Waals surface area contributed by atoms with E-state index in [4.69, 9.17) is 0 Å². The summed E-state index contributed by atoms with van der Waals surface area (Å²) < 4.78 is 4.69. The lowest BCUT2D eigenvalue weighted by molar-refractivity contribution is -0.144. The topological polar surface area (TPSA) is 26.3 Å². The molecular weight excluding hydrogens is 244 g/mol. The highest BCUT2D eigenvalue weighted by Gasteiger charge is 2.23. The molecule has 0 amide bonds. The van der Waals surface area contributed by atoms with Gasteiger partial charge in [0.2, 0.25) is 0 Å². The summed E-state index contributed by atoms with van der Waals surface area (Å²) in [5, 5.41) is 0. The Morgan fingerprint density at radius 1 is 1.36 bits per heavy atom. The van der Waals surface area contributed by atoms with E-state index in [1.807, 2.05) is 37.3 Å². The average molecular weight is 257 g/mol. The van der Waals surface area contributed by atoms with Crippen molar-refractivity contribution in [1.29, 1.82) is 0 Å². The first kappa shape index (κ1) is 11.2. The fourth-order valence-electron chi connectivity index (χ4n) is 1.23. The fourth-order valence-corrected chi connectivity index (χ4v) is 1.75. The van der Waals surface area contributed by atoms with E-state index in [2.05, 4.69) is 20.7 Å². The van der Waals surface area contributed by atoms with Gasteiger partial charge in [-0.15, -0.1) is 0 Å². The van der Waals surface area contributed by atoms with Crippen molar-refractivity contribution in [3.63, 3.8) is 0 Å². The third-order valence-electron chi connectivity index (χ3n) is 2.13. The zero-order valence-corrected chi connectivity index (χ0v) is 9.82. The van der Waals surface area contributed by atoms with Crippen LogP contribution in [0.4, 0.5) is 0 Å².